The number of aliphatic hydroxyl groups excluding tert-OH is 1. The molecule has 4 N–H and O–H groups in total. The summed E-state index contributed by atoms with van der Waals surface area (Å²) in [6.07, 6.45) is -0.784. The van der Waals surface area contributed by atoms with Crippen LogP contribution >= 0.6 is 0 Å². The van der Waals surface area contributed by atoms with Crippen molar-refractivity contribution in [3.8, 4) is 5.75 Å². The molecule has 2 aromatic rings. The molecule has 2 aromatic carbocycles. The van der Waals surface area contributed by atoms with Crippen LogP contribution in [0.15, 0.2) is 54.6 Å². The molecule has 42 heavy (non-hydrogen) atoms. The smallest absolute Gasteiger partial charge is 0.408 e. The minimum Gasteiger partial charge on any atom is -0.508 e. The number of carbonyl (C=O) groups excluding carboxylic acids is 4. The zero-order chi connectivity index (χ0) is 31.7. The van der Waals surface area contributed by atoms with Crippen LogP contribution in [0.25, 0.3) is 0 Å². The molecule has 0 fully saturated rings. The average molecular weight is 586 g/mol. The second-order valence-electron chi connectivity index (χ2n) is 11.8. The fraction of sp³-hybridized carbons (Fsp3) is 0.484. The predicted octanol–water partition coefficient (Wildman–Crippen LogP) is 3.24. The highest BCUT2D eigenvalue weighted by molar-refractivity contribution is 5.94. The molecule has 2 rings (SSSR count). The van der Waals surface area contributed by atoms with E-state index in [0.717, 1.165) is 5.56 Å². The minimum atomic E-state index is -1.42. The van der Waals surface area contributed by atoms with Crippen LogP contribution in [0, 0.1) is 0 Å². The summed E-state index contributed by atoms with van der Waals surface area (Å²) in [6, 6.07) is 11.0. The molecule has 0 aliphatic carbocycles. The van der Waals surface area contributed by atoms with Crippen LogP contribution in [0.5, 0.6) is 5.75 Å². The van der Waals surface area contributed by atoms with Gasteiger partial charge >= 0.3 is 12.1 Å². The number of phenols is 1. The van der Waals surface area contributed by atoms with Gasteiger partial charge in [-0.2, -0.15) is 0 Å². The molecule has 230 valence electrons. The molecule has 0 aliphatic rings. The third-order valence-electron chi connectivity index (χ3n) is 5.85. The Balaban J connectivity index is 2.46. The van der Waals surface area contributed by atoms with E-state index < -0.39 is 59.8 Å². The fourth-order valence-electron chi connectivity index (χ4n) is 4.10. The molecule has 0 spiro atoms. The number of aliphatic hydroxyl groups is 1. The lowest BCUT2D eigenvalue weighted by molar-refractivity contribution is -0.159. The van der Waals surface area contributed by atoms with E-state index >= 15 is 0 Å². The zero-order valence-corrected chi connectivity index (χ0v) is 25.3. The molecule has 0 bridgehead atoms. The number of phenolic OH excluding ortho intramolecular Hbond substituents is 1. The SMILES string of the molecule is CCN(C(=O)C(CO)NC(=O)OC(C)(C)C)C(C(=O)NC(Cc1ccccc1)C(=O)OC(C)(C)C)c1ccc(O)cc1. The number of ether oxygens (including phenoxy) is 2. The zero-order valence-electron chi connectivity index (χ0n) is 25.3. The second kappa shape index (κ2) is 14.7. The Bertz CT molecular complexity index is 1200. The van der Waals surface area contributed by atoms with E-state index in [9.17, 15) is 29.4 Å². The predicted molar refractivity (Wildman–Crippen MR) is 156 cm³/mol. The maximum atomic E-state index is 14.0. The number of likely N-dealkylation sites (N-methyl/N-ethyl adjacent to an activating group) is 1. The third kappa shape index (κ3) is 10.7. The molecule has 0 saturated carbocycles. The molecule has 0 radical (unpaired) electrons. The summed E-state index contributed by atoms with van der Waals surface area (Å²) in [5.74, 6) is -2.16. The first kappa shape index (κ1) is 34.1. The number of amides is 3. The molecular weight excluding hydrogens is 542 g/mol. The first-order valence-electron chi connectivity index (χ1n) is 13.8. The Labute approximate surface area is 247 Å². The Morgan fingerprint density at radius 2 is 1.40 bits per heavy atom. The van der Waals surface area contributed by atoms with Gasteiger partial charge in [-0.15, -0.1) is 0 Å². The quantitative estimate of drug-likeness (QED) is 0.293. The molecule has 3 amide bonds. The van der Waals surface area contributed by atoms with Gasteiger partial charge in [0.15, 0.2) is 0 Å². The Kier molecular flexibility index (Phi) is 11.9. The fourth-order valence-corrected chi connectivity index (χ4v) is 4.10. The maximum Gasteiger partial charge on any atom is 0.408 e. The summed E-state index contributed by atoms with van der Waals surface area (Å²) >= 11 is 0. The van der Waals surface area contributed by atoms with Crippen LogP contribution in [0.4, 0.5) is 4.79 Å². The van der Waals surface area contributed by atoms with Crippen LogP contribution in [0.2, 0.25) is 0 Å². The van der Waals surface area contributed by atoms with Crippen LogP contribution in [0.1, 0.15) is 65.6 Å². The van der Waals surface area contributed by atoms with Crippen molar-refractivity contribution >= 4 is 23.9 Å². The van der Waals surface area contributed by atoms with Gasteiger partial charge in [0, 0.05) is 13.0 Å². The van der Waals surface area contributed by atoms with Gasteiger partial charge in [0.25, 0.3) is 0 Å². The first-order valence-corrected chi connectivity index (χ1v) is 13.8. The van der Waals surface area contributed by atoms with Gasteiger partial charge in [0.1, 0.15) is 35.1 Å². The van der Waals surface area contributed by atoms with Crippen molar-refractivity contribution in [1.29, 1.82) is 0 Å². The minimum absolute atomic E-state index is 0.0000837. The summed E-state index contributed by atoms with van der Waals surface area (Å²) in [6.45, 7) is 11.0. The van der Waals surface area contributed by atoms with Crippen LogP contribution in [-0.2, 0) is 30.3 Å². The molecular formula is C31H43N3O8. The molecule has 11 heteroatoms. The highest BCUT2D eigenvalue weighted by Crippen LogP contribution is 2.25. The Morgan fingerprint density at radius 1 is 0.833 bits per heavy atom. The van der Waals surface area contributed by atoms with Crippen molar-refractivity contribution in [3.05, 3.63) is 65.7 Å². The lowest BCUT2D eigenvalue weighted by Crippen LogP contribution is -2.55. The number of carbonyl (C=O) groups is 4. The normalized spacial score (nSPS) is 13.7. The van der Waals surface area contributed by atoms with Crippen LogP contribution < -0.4 is 10.6 Å². The van der Waals surface area contributed by atoms with Gasteiger partial charge in [0.2, 0.25) is 11.8 Å². The number of nitrogens with one attached hydrogen (secondary N) is 2. The largest absolute Gasteiger partial charge is 0.508 e. The summed E-state index contributed by atoms with van der Waals surface area (Å²) in [4.78, 5) is 54.4. The standard InChI is InChI=1S/C31H43N3O8/c1-8-34(27(38)24(19-35)33-29(40)42-31(5,6)7)25(21-14-16-22(36)17-15-21)26(37)32-23(28(39)41-30(2,3)4)18-20-12-10-9-11-13-20/h9-17,23-25,35-36H,8,18-19H2,1-7H3,(H,32,37)(H,33,40). The van der Waals surface area contributed by atoms with Crippen LogP contribution in [-0.4, -0.2) is 75.4 Å². The number of aromatic hydroxyl groups is 1. The van der Waals surface area contributed by atoms with Gasteiger partial charge in [0.05, 0.1) is 6.61 Å². The van der Waals surface area contributed by atoms with E-state index in [-0.39, 0.29) is 18.7 Å². The second-order valence-corrected chi connectivity index (χ2v) is 11.8. The van der Waals surface area contributed by atoms with Crippen molar-refractivity contribution in [3.63, 3.8) is 0 Å². The summed E-state index contributed by atoms with van der Waals surface area (Å²) in [5.41, 5.74) is -0.556. The number of alkyl carbamates (subject to hydrolysis) is 1. The van der Waals surface area contributed by atoms with E-state index in [1.807, 2.05) is 30.3 Å². The molecule has 0 saturated heterocycles. The number of hydrogen-bond donors (Lipinski definition) is 4. The molecule has 0 aliphatic heterocycles. The van der Waals surface area contributed by atoms with Crippen molar-refractivity contribution < 1.29 is 38.9 Å². The van der Waals surface area contributed by atoms with Gasteiger partial charge in [-0.1, -0.05) is 42.5 Å². The van der Waals surface area contributed by atoms with Crippen molar-refractivity contribution in [1.82, 2.24) is 15.5 Å². The summed E-state index contributed by atoms with van der Waals surface area (Å²) in [5, 5.41) is 25.0. The lowest BCUT2D eigenvalue weighted by atomic mass is 10.0. The van der Waals surface area contributed by atoms with Crippen molar-refractivity contribution in [2.24, 2.45) is 0 Å². The van der Waals surface area contributed by atoms with Crippen LogP contribution in [0.3, 0.4) is 0 Å². The van der Waals surface area contributed by atoms with E-state index in [0.29, 0.717) is 5.56 Å². The third-order valence-corrected chi connectivity index (χ3v) is 5.85. The highest BCUT2D eigenvalue weighted by atomic mass is 16.6. The van der Waals surface area contributed by atoms with Gasteiger partial charge in [-0.25, -0.2) is 9.59 Å². The number of rotatable bonds is 11. The van der Waals surface area contributed by atoms with Crippen molar-refractivity contribution in [2.75, 3.05) is 13.2 Å². The van der Waals surface area contributed by atoms with Gasteiger partial charge < -0.3 is 35.2 Å². The molecule has 0 heterocycles. The van der Waals surface area contributed by atoms with E-state index in [4.69, 9.17) is 9.47 Å². The molecule has 3 atom stereocenters. The summed E-state index contributed by atoms with van der Waals surface area (Å²) < 4.78 is 10.8. The number of nitrogens with zero attached hydrogens (tertiary/aromatic N) is 1. The number of esters is 1. The first-order chi connectivity index (χ1) is 19.5. The number of hydrogen-bond acceptors (Lipinski definition) is 8. The summed E-state index contributed by atoms with van der Waals surface area (Å²) in [7, 11) is 0. The van der Waals surface area contributed by atoms with E-state index in [1.165, 1.54) is 29.2 Å². The topological polar surface area (TPSA) is 154 Å². The Morgan fingerprint density at radius 3 is 1.90 bits per heavy atom. The Hall–Kier alpha value is -4.12. The number of benzene rings is 2. The maximum absolute atomic E-state index is 14.0. The van der Waals surface area contributed by atoms with Gasteiger partial charge in [-0.3, -0.25) is 9.59 Å². The van der Waals surface area contributed by atoms with Gasteiger partial charge in [-0.05, 0) is 71.7 Å². The average Bonchev–Trinajstić information content (AvgIpc) is 2.88. The molecule has 0 aromatic heterocycles. The van der Waals surface area contributed by atoms with E-state index in [1.54, 1.807) is 48.5 Å². The molecule has 11 nitrogen and oxygen atoms in total. The highest BCUT2D eigenvalue weighted by Gasteiger charge is 2.37. The van der Waals surface area contributed by atoms with E-state index in [2.05, 4.69) is 10.6 Å². The van der Waals surface area contributed by atoms with Crippen molar-refractivity contribution in [2.45, 2.75) is 84.2 Å². The monoisotopic (exact) mass is 585 g/mol. The lowest BCUT2D eigenvalue weighted by Gasteiger charge is -2.34. The molecule has 3 unspecified atom stereocenters.